The van der Waals surface area contributed by atoms with E-state index in [9.17, 15) is 39.0 Å². The molecule has 2 atom stereocenters. The number of aliphatic carboxylic acids is 2. The summed E-state index contributed by atoms with van der Waals surface area (Å²) in [6.07, 6.45) is -3.34. The lowest BCUT2D eigenvalue weighted by Gasteiger charge is -2.19. The molecule has 16 heteroatoms. The van der Waals surface area contributed by atoms with Crippen molar-refractivity contribution in [1.29, 1.82) is 0 Å². The van der Waals surface area contributed by atoms with Crippen molar-refractivity contribution in [3.8, 4) is 0 Å². The third-order valence-corrected chi connectivity index (χ3v) is 9.39. The van der Waals surface area contributed by atoms with Crippen LogP contribution in [0.2, 0.25) is 0 Å². The molecule has 0 radical (unpaired) electrons. The van der Waals surface area contributed by atoms with Crippen LogP contribution in [0.25, 0.3) is 0 Å². The molecule has 0 aliphatic rings. The van der Waals surface area contributed by atoms with Crippen LogP contribution in [-0.2, 0) is 41.9 Å². The molecule has 4 aromatic rings. The Hall–Kier alpha value is -6.00. The standard InChI is InChI=1S/C36H34N4O10S2/c41-31(42)19-27(39-35(47)49-21-23-11-3-1-4-12-23)33(45)37-25-15-7-9-17-29(25)51-52-30-18-10-8-16-26(30)38-34(46)28(20-32(43)44)40-36(48)50-22-24-13-5-2-6-14-24/h1-18,27-28H,19-22H2,(H,37,45)(H,38,46)(H,39,47)(H,40,48)(H,41,42)(H,43,44)/t27-,28-/m0/s1. The van der Waals surface area contributed by atoms with Crippen LogP contribution in [0.5, 0.6) is 0 Å². The fourth-order valence-electron chi connectivity index (χ4n) is 4.40. The second-order valence-corrected chi connectivity index (χ2v) is 13.1. The van der Waals surface area contributed by atoms with Crippen molar-refractivity contribution >= 4 is 68.9 Å². The average Bonchev–Trinajstić information content (AvgIpc) is 3.13. The number of hydrogen-bond acceptors (Lipinski definition) is 10. The SMILES string of the molecule is O=C(O)C[C@H](NC(=O)OCc1ccccc1)C(=O)Nc1ccccc1SSc1ccccc1NC(=O)[C@H](CC(=O)O)NC(=O)OCc1ccccc1. The summed E-state index contributed by atoms with van der Waals surface area (Å²) >= 11 is 0. The van der Waals surface area contributed by atoms with Gasteiger partial charge in [0.1, 0.15) is 25.3 Å². The van der Waals surface area contributed by atoms with E-state index in [0.29, 0.717) is 32.3 Å². The summed E-state index contributed by atoms with van der Waals surface area (Å²) in [6.45, 7) is -0.157. The number of carboxylic acid groups (broad SMARTS) is 2. The average molecular weight is 747 g/mol. The molecule has 6 N–H and O–H groups in total. The van der Waals surface area contributed by atoms with Crippen LogP contribution in [0.4, 0.5) is 21.0 Å². The molecule has 270 valence electrons. The zero-order valence-corrected chi connectivity index (χ0v) is 29.0. The molecule has 4 amide bonds. The Morgan fingerprint density at radius 1 is 0.519 bits per heavy atom. The first-order valence-electron chi connectivity index (χ1n) is 15.6. The van der Waals surface area contributed by atoms with Gasteiger partial charge in [0.05, 0.1) is 24.2 Å². The quantitative estimate of drug-likeness (QED) is 0.0698. The Bertz CT molecular complexity index is 1730. The molecule has 0 saturated carbocycles. The number of hydrogen-bond donors (Lipinski definition) is 6. The molecule has 14 nitrogen and oxygen atoms in total. The molecule has 0 aliphatic heterocycles. The minimum Gasteiger partial charge on any atom is -0.481 e. The maximum atomic E-state index is 13.2. The van der Waals surface area contributed by atoms with E-state index in [0.717, 1.165) is 0 Å². The number of carbonyl (C=O) groups is 6. The van der Waals surface area contributed by atoms with Gasteiger partial charge >= 0.3 is 24.1 Å². The van der Waals surface area contributed by atoms with Crippen LogP contribution in [-0.4, -0.2) is 58.2 Å². The monoisotopic (exact) mass is 746 g/mol. The second kappa shape index (κ2) is 20.0. The lowest BCUT2D eigenvalue weighted by Crippen LogP contribution is -2.45. The number of carbonyl (C=O) groups excluding carboxylic acids is 4. The summed E-state index contributed by atoms with van der Waals surface area (Å²) in [5.41, 5.74) is 2.05. The van der Waals surface area contributed by atoms with Crippen molar-refractivity contribution < 1.29 is 48.5 Å². The van der Waals surface area contributed by atoms with Crippen molar-refractivity contribution in [3.05, 3.63) is 120 Å². The van der Waals surface area contributed by atoms with Crippen molar-refractivity contribution in [3.63, 3.8) is 0 Å². The summed E-state index contributed by atoms with van der Waals surface area (Å²) in [5.74, 6) is -4.21. The summed E-state index contributed by atoms with van der Waals surface area (Å²) < 4.78 is 10.3. The van der Waals surface area contributed by atoms with E-state index in [2.05, 4.69) is 21.3 Å². The maximum Gasteiger partial charge on any atom is 0.408 e. The van der Waals surface area contributed by atoms with Gasteiger partial charge in [0.15, 0.2) is 0 Å². The largest absolute Gasteiger partial charge is 0.481 e. The van der Waals surface area contributed by atoms with E-state index in [1.54, 1.807) is 109 Å². The van der Waals surface area contributed by atoms with E-state index >= 15 is 0 Å². The molecule has 4 rings (SSSR count). The van der Waals surface area contributed by atoms with Crippen LogP contribution < -0.4 is 21.3 Å². The number of benzene rings is 4. The number of para-hydroxylation sites is 2. The second-order valence-electron chi connectivity index (χ2n) is 10.9. The van der Waals surface area contributed by atoms with E-state index in [-0.39, 0.29) is 13.2 Å². The van der Waals surface area contributed by atoms with E-state index in [1.165, 1.54) is 21.6 Å². The number of ether oxygens (including phenoxy) is 2. The lowest BCUT2D eigenvalue weighted by atomic mass is 10.2. The molecule has 52 heavy (non-hydrogen) atoms. The van der Waals surface area contributed by atoms with Gasteiger partial charge in [0.25, 0.3) is 0 Å². The fraction of sp³-hybridized carbons (Fsp3) is 0.167. The third kappa shape index (κ3) is 13.0. The topological polar surface area (TPSA) is 209 Å². The number of nitrogens with one attached hydrogen (secondary N) is 4. The molecule has 4 aromatic carbocycles. The highest BCUT2D eigenvalue weighted by molar-refractivity contribution is 8.76. The van der Waals surface area contributed by atoms with E-state index in [4.69, 9.17) is 9.47 Å². The van der Waals surface area contributed by atoms with Gasteiger partial charge in [-0.3, -0.25) is 19.2 Å². The minimum absolute atomic E-state index is 0.0786. The highest BCUT2D eigenvalue weighted by Crippen LogP contribution is 2.43. The third-order valence-electron chi connectivity index (χ3n) is 6.91. The molecule has 0 bridgehead atoms. The first kappa shape index (κ1) is 38.8. The van der Waals surface area contributed by atoms with Gasteiger partial charge < -0.3 is 41.0 Å². The smallest absolute Gasteiger partial charge is 0.408 e. The van der Waals surface area contributed by atoms with Gasteiger partial charge in [-0.05, 0) is 35.4 Å². The summed E-state index contributed by atoms with van der Waals surface area (Å²) in [4.78, 5) is 75.4. The molecular weight excluding hydrogens is 713 g/mol. The predicted octanol–water partition coefficient (Wildman–Crippen LogP) is 5.90. The van der Waals surface area contributed by atoms with Gasteiger partial charge in [0, 0.05) is 9.79 Å². The molecule has 0 unspecified atom stereocenters. The summed E-state index contributed by atoms with van der Waals surface area (Å²) in [5, 5.41) is 28.7. The zero-order valence-electron chi connectivity index (χ0n) is 27.4. The number of anilines is 2. The van der Waals surface area contributed by atoms with E-state index < -0.39 is 60.9 Å². The first-order chi connectivity index (χ1) is 25.1. The van der Waals surface area contributed by atoms with E-state index in [1.807, 2.05) is 0 Å². The van der Waals surface area contributed by atoms with Gasteiger partial charge in [-0.25, -0.2) is 9.59 Å². The van der Waals surface area contributed by atoms with Gasteiger partial charge in [-0.15, -0.1) is 0 Å². The maximum absolute atomic E-state index is 13.2. The minimum atomic E-state index is -1.45. The highest BCUT2D eigenvalue weighted by Gasteiger charge is 2.27. The summed E-state index contributed by atoms with van der Waals surface area (Å²) in [6, 6.07) is 28.1. The Morgan fingerprint density at radius 2 is 0.865 bits per heavy atom. The molecule has 0 aromatic heterocycles. The predicted molar refractivity (Wildman–Crippen MR) is 193 cm³/mol. The Labute approximate surface area is 306 Å². The van der Waals surface area contributed by atoms with Crippen LogP contribution in [0, 0.1) is 0 Å². The molecule has 0 aliphatic carbocycles. The van der Waals surface area contributed by atoms with Crippen molar-refractivity contribution in [2.45, 2.75) is 47.9 Å². The van der Waals surface area contributed by atoms with Crippen molar-refractivity contribution in [1.82, 2.24) is 10.6 Å². The van der Waals surface area contributed by atoms with Crippen LogP contribution in [0.1, 0.15) is 24.0 Å². The number of amides is 4. The normalized spacial score (nSPS) is 11.6. The number of alkyl carbamates (subject to hydrolysis) is 2. The molecule has 0 saturated heterocycles. The van der Waals surface area contributed by atoms with Crippen molar-refractivity contribution in [2.75, 3.05) is 10.6 Å². The van der Waals surface area contributed by atoms with Gasteiger partial charge in [-0.2, -0.15) is 0 Å². The summed E-state index contributed by atoms with van der Waals surface area (Å²) in [7, 11) is 2.40. The molecule has 0 fully saturated rings. The van der Waals surface area contributed by atoms with Crippen LogP contribution in [0.3, 0.4) is 0 Å². The Balaban J connectivity index is 1.38. The molecule has 0 heterocycles. The van der Waals surface area contributed by atoms with Gasteiger partial charge in [0.2, 0.25) is 11.8 Å². The highest BCUT2D eigenvalue weighted by atomic mass is 33.1. The molecular formula is C36H34N4O10S2. The molecule has 0 spiro atoms. The van der Waals surface area contributed by atoms with Crippen LogP contribution in [0.15, 0.2) is 119 Å². The van der Waals surface area contributed by atoms with Crippen molar-refractivity contribution in [2.24, 2.45) is 0 Å². The number of rotatable bonds is 17. The first-order valence-corrected chi connectivity index (χ1v) is 17.7. The zero-order chi connectivity index (χ0) is 37.3. The fourth-order valence-corrected chi connectivity index (χ4v) is 6.67. The Kier molecular flexibility index (Phi) is 14.9. The lowest BCUT2D eigenvalue weighted by molar-refractivity contribution is -0.139. The Morgan fingerprint density at radius 3 is 1.23 bits per heavy atom. The van der Waals surface area contributed by atoms with Crippen LogP contribution >= 0.6 is 21.6 Å². The van der Waals surface area contributed by atoms with Gasteiger partial charge in [-0.1, -0.05) is 107 Å². The number of carboxylic acids is 2.